The molecule has 3 aromatic carbocycles. The maximum atomic E-state index is 14.4. The van der Waals surface area contributed by atoms with Gasteiger partial charge >= 0.3 is 5.97 Å². The van der Waals surface area contributed by atoms with Crippen LogP contribution < -0.4 is 9.21 Å². The van der Waals surface area contributed by atoms with Gasteiger partial charge < -0.3 is 19.0 Å². The number of nitrogens with zero attached hydrogens (tertiary/aromatic N) is 3. The summed E-state index contributed by atoms with van der Waals surface area (Å²) < 4.78 is 41.2. The van der Waals surface area contributed by atoms with Crippen LogP contribution in [0.5, 0.6) is 0 Å². The SMILES string of the molecule is CCOC(=O)c1oc2ccc(S(=O)(=O)N(CCc3ccccc3)c3ccccc3N3CCN(C)CC3)cc2c1C. The van der Waals surface area contributed by atoms with Gasteiger partial charge in [0.1, 0.15) is 5.58 Å². The van der Waals surface area contributed by atoms with E-state index in [0.29, 0.717) is 28.6 Å². The van der Waals surface area contributed by atoms with Gasteiger partial charge in [0.05, 0.1) is 22.9 Å². The Bertz CT molecular complexity index is 1590. The number of ether oxygens (including phenoxy) is 1. The number of fused-ring (bicyclic) bond motifs is 1. The van der Waals surface area contributed by atoms with Crippen LogP contribution in [0.1, 0.15) is 28.6 Å². The monoisotopic (exact) mass is 561 g/mol. The minimum atomic E-state index is -3.99. The predicted octanol–water partition coefficient (Wildman–Crippen LogP) is 5.11. The number of hydrogen-bond donors (Lipinski definition) is 0. The zero-order valence-corrected chi connectivity index (χ0v) is 24.0. The number of likely N-dealkylation sites (N-methyl/N-ethyl adjacent to an activating group) is 1. The first kappa shape index (κ1) is 27.7. The number of rotatable bonds is 9. The van der Waals surface area contributed by atoms with Gasteiger partial charge in [-0.3, -0.25) is 4.31 Å². The molecule has 0 aliphatic carbocycles. The molecule has 1 aliphatic rings. The average Bonchev–Trinajstić information content (AvgIpc) is 3.30. The highest BCUT2D eigenvalue weighted by molar-refractivity contribution is 7.92. The molecule has 0 saturated carbocycles. The van der Waals surface area contributed by atoms with Crippen LogP contribution in [-0.2, 0) is 21.2 Å². The van der Waals surface area contributed by atoms with E-state index in [1.165, 1.54) is 4.31 Å². The van der Waals surface area contributed by atoms with Gasteiger partial charge in [-0.1, -0.05) is 42.5 Å². The maximum Gasteiger partial charge on any atom is 0.374 e. The van der Waals surface area contributed by atoms with Gasteiger partial charge in [-0.25, -0.2) is 13.2 Å². The minimum Gasteiger partial charge on any atom is -0.460 e. The number of sulfonamides is 1. The molecule has 1 aromatic heterocycles. The molecule has 0 atom stereocenters. The number of benzene rings is 3. The molecule has 9 heteroatoms. The molecule has 2 heterocycles. The smallest absolute Gasteiger partial charge is 0.374 e. The lowest BCUT2D eigenvalue weighted by atomic mass is 10.1. The first-order valence-corrected chi connectivity index (χ1v) is 15.0. The molecule has 5 rings (SSSR count). The van der Waals surface area contributed by atoms with Crippen LogP contribution in [0.25, 0.3) is 11.0 Å². The summed E-state index contributed by atoms with van der Waals surface area (Å²) >= 11 is 0. The summed E-state index contributed by atoms with van der Waals surface area (Å²) in [5, 5.41) is 0.569. The number of carbonyl (C=O) groups is 1. The molecule has 0 unspecified atom stereocenters. The van der Waals surface area contributed by atoms with Crippen LogP contribution >= 0.6 is 0 Å². The molecular weight excluding hydrogens is 526 g/mol. The Morgan fingerprint density at radius 2 is 1.68 bits per heavy atom. The zero-order valence-electron chi connectivity index (χ0n) is 23.2. The fraction of sp³-hybridized carbons (Fsp3) is 0.323. The highest BCUT2D eigenvalue weighted by Crippen LogP contribution is 2.36. The van der Waals surface area contributed by atoms with E-state index in [4.69, 9.17) is 9.15 Å². The molecule has 4 aromatic rings. The van der Waals surface area contributed by atoms with E-state index < -0.39 is 16.0 Å². The van der Waals surface area contributed by atoms with Crippen LogP contribution in [-0.4, -0.2) is 65.7 Å². The summed E-state index contributed by atoms with van der Waals surface area (Å²) in [6, 6.07) is 22.4. The van der Waals surface area contributed by atoms with Crippen LogP contribution in [0.2, 0.25) is 0 Å². The Labute approximate surface area is 235 Å². The second-order valence-corrected chi connectivity index (χ2v) is 11.9. The van der Waals surface area contributed by atoms with Gasteiger partial charge in [0.2, 0.25) is 5.76 Å². The van der Waals surface area contributed by atoms with Crippen molar-refractivity contribution in [3.63, 3.8) is 0 Å². The summed E-state index contributed by atoms with van der Waals surface area (Å²) in [6.07, 6.45) is 0.553. The molecule has 0 amide bonds. The molecular formula is C31H35N3O5S. The summed E-state index contributed by atoms with van der Waals surface area (Å²) in [4.78, 5) is 17.1. The lowest BCUT2D eigenvalue weighted by Gasteiger charge is -2.37. The standard InChI is InChI=1S/C31H35N3O5S/c1-4-38-31(35)30-23(2)26-22-25(14-15-29(26)39-30)40(36,37)34(17-16-24-10-6-5-7-11-24)28-13-9-8-12-27(28)33-20-18-32(3)19-21-33/h5-15,22H,4,16-21H2,1-3H3. The molecule has 40 heavy (non-hydrogen) atoms. The van der Waals surface area contributed by atoms with Gasteiger partial charge in [0.15, 0.2) is 0 Å². The number of hydrogen-bond acceptors (Lipinski definition) is 7. The van der Waals surface area contributed by atoms with Gasteiger partial charge in [-0.2, -0.15) is 0 Å². The second kappa shape index (κ2) is 11.7. The first-order chi connectivity index (χ1) is 19.3. The highest BCUT2D eigenvalue weighted by atomic mass is 32.2. The largest absolute Gasteiger partial charge is 0.460 e. The third kappa shape index (κ3) is 5.57. The molecule has 0 spiro atoms. The molecule has 1 aliphatic heterocycles. The van der Waals surface area contributed by atoms with Gasteiger partial charge in [-0.15, -0.1) is 0 Å². The number of furan rings is 1. The lowest BCUT2D eigenvalue weighted by Crippen LogP contribution is -2.45. The topological polar surface area (TPSA) is 83.3 Å². The first-order valence-electron chi connectivity index (χ1n) is 13.6. The highest BCUT2D eigenvalue weighted by Gasteiger charge is 2.30. The van der Waals surface area contributed by atoms with Crippen molar-refractivity contribution in [3.05, 3.63) is 89.7 Å². The van der Waals surface area contributed by atoms with Gasteiger partial charge in [0, 0.05) is 43.7 Å². The van der Waals surface area contributed by atoms with Crippen molar-refractivity contribution in [1.29, 1.82) is 0 Å². The summed E-state index contributed by atoms with van der Waals surface area (Å²) in [6.45, 7) is 7.41. The predicted molar refractivity (Wildman–Crippen MR) is 158 cm³/mol. The number of esters is 1. The number of piperazine rings is 1. The number of anilines is 2. The van der Waals surface area contributed by atoms with Crippen LogP contribution in [0, 0.1) is 6.92 Å². The third-order valence-corrected chi connectivity index (χ3v) is 9.21. The Hall–Kier alpha value is -3.82. The van der Waals surface area contributed by atoms with E-state index in [0.717, 1.165) is 37.4 Å². The van der Waals surface area contributed by atoms with Crippen molar-refractivity contribution < 1.29 is 22.4 Å². The van der Waals surface area contributed by atoms with E-state index in [1.807, 2.05) is 54.6 Å². The van der Waals surface area contributed by atoms with Crippen LogP contribution in [0.3, 0.4) is 0 Å². The zero-order chi connectivity index (χ0) is 28.3. The number of carbonyl (C=O) groups excluding carboxylic acids is 1. The van der Waals surface area contributed by atoms with Gasteiger partial charge in [-0.05, 0) is 63.2 Å². The van der Waals surface area contributed by atoms with Gasteiger partial charge in [0.25, 0.3) is 10.0 Å². The molecule has 8 nitrogen and oxygen atoms in total. The van der Waals surface area contributed by atoms with Crippen molar-refractivity contribution in [3.8, 4) is 0 Å². The normalized spacial score (nSPS) is 14.4. The van der Waals surface area contributed by atoms with E-state index >= 15 is 0 Å². The fourth-order valence-electron chi connectivity index (χ4n) is 5.11. The molecule has 0 N–H and O–H groups in total. The lowest BCUT2D eigenvalue weighted by molar-refractivity contribution is 0.0491. The molecule has 1 saturated heterocycles. The van der Waals surface area contributed by atoms with Crippen molar-refractivity contribution in [1.82, 2.24) is 4.90 Å². The Kier molecular flexibility index (Phi) is 8.14. The van der Waals surface area contributed by atoms with Crippen molar-refractivity contribution in [2.45, 2.75) is 25.2 Å². The Balaban J connectivity index is 1.57. The van der Waals surface area contributed by atoms with Crippen LogP contribution in [0.4, 0.5) is 11.4 Å². The Morgan fingerprint density at radius 1 is 0.975 bits per heavy atom. The quantitative estimate of drug-likeness (QED) is 0.263. The summed E-state index contributed by atoms with van der Waals surface area (Å²) in [5.74, 6) is -0.473. The summed E-state index contributed by atoms with van der Waals surface area (Å²) in [7, 11) is -1.89. The Morgan fingerprint density at radius 3 is 2.40 bits per heavy atom. The average molecular weight is 562 g/mol. The second-order valence-electron chi connectivity index (χ2n) is 10.0. The van der Waals surface area contributed by atoms with E-state index in [2.05, 4.69) is 16.8 Å². The van der Waals surface area contributed by atoms with E-state index in [1.54, 1.807) is 32.0 Å². The molecule has 0 bridgehead atoms. The fourth-order valence-corrected chi connectivity index (χ4v) is 6.62. The van der Waals surface area contributed by atoms with E-state index in [-0.39, 0.29) is 23.8 Å². The maximum absolute atomic E-state index is 14.4. The summed E-state index contributed by atoms with van der Waals surface area (Å²) in [5.41, 5.74) is 3.60. The van der Waals surface area contributed by atoms with Crippen molar-refractivity contribution in [2.75, 3.05) is 55.6 Å². The molecule has 1 fully saturated rings. The molecule has 210 valence electrons. The molecule has 0 radical (unpaired) electrons. The third-order valence-electron chi connectivity index (χ3n) is 7.40. The van der Waals surface area contributed by atoms with Crippen molar-refractivity contribution in [2.24, 2.45) is 0 Å². The van der Waals surface area contributed by atoms with E-state index in [9.17, 15) is 13.2 Å². The minimum absolute atomic E-state index is 0.0905. The number of para-hydroxylation sites is 2. The number of aryl methyl sites for hydroxylation is 1. The van der Waals surface area contributed by atoms with Crippen molar-refractivity contribution >= 4 is 38.3 Å². The van der Waals surface area contributed by atoms with Crippen LogP contribution in [0.15, 0.2) is 82.1 Å².